The van der Waals surface area contributed by atoms with Crippen molar-refractivity contribution in [2.45, 2.75) is 25.3 Å². The van der Waals surface area contributed by atoms with E-state index in [9.17, 15) is 4.79 Å². The van der Waals surface area contributed by atoms with Gasteiger partial charge in [-0.25, -0.2) is 0 Å². The van der Waals surface area contributed by atoms with E-state index >= 15 is 0 Å². The summed E-state index contributed by atoms with van der Waals surface area (Å²) in [5, 5.41) is 3.94. The summed E-state index contributed by atoms with van der Waals surface area (Å²) in [5.41, 5.74) is 2.53. The number of anilines is 1. The molecule has 5 rings (SSSR count). The number of likely N-dealkylation sites (tertiary alicyclic amines) is 1. The van der Waals surface area contributed by atoms with Gasteiger partial charge in [-0.15, -0.1) is 0 Å². The van der Waals surface area contributed by atoms with Crippen molar-refractivity contribution in [1.29, 1.82) is 0 Å². The minimum absolute atomic E-state index is 0.125. The van der Waals surface area contributed by atoms with Crippen LogP contribution in [0.1, 0.15) is 47.2 Å². The maximum atomic E-state index is 12.9. The number of rotatable bonds is 6. The second-order valence-electron chi connectivity index (χ2n) is 8.04. The summed E-state index contributed by atoms with van der Waals surface area (Å²) in [6.07, 6.45) is 5.01. The molecular weight excluding hydrogens is 404 g/mol. The maximum absolute atomic E-state index is 12.9. The van der Waals surface area contributed by atoms with E-state index in [1.165, 1.54) is 12.7 Å². The second-order valence-corrected chi connectivity index (χ2v) is 8.04. The van der Waals surface area contributed by atoms with Crippen LogP contribution < -0.4 is 10.1 Å². The van der Waals surface area contributed by atoms with Gasteiger partial charge in [0.05, 0.1) is 25.1 Å². The van der Waals surface area contributed by atoms with Crippen LogP contribution >= 0.6 is 0 Å². The molecule has 4 aromatic rings. The SMILES string of the molecule is COc1ccc(C(c2oc3ccccc3c2NC(=O)c2ccco2)N2CCCCC2)cc1. The topological polar surface area (TPSA) is 67.8 Å². The molecule has 6 nitrogen and oxygen atoms in total. The summed E-state index contributed by atoms with van der Waals surface area (Å²) in [4.78, 5) is 15.3. The number of piperidine rings is 1. The molecular formula is C26H26N2O4. The summed E-state index contributed by atoms with van der Waals surface area (Å²) in [5.74, 6) is 1.51. The number of para-hydroxylation sites is 1. The molecule has 1 amide bonds. The Morgan fingerprint density at radius 1 is 1.00 bits per heavy atom. The minimum Gasteiger partial charge on any atom is -0.497 e. The number of fused-ring (bicyclic) bond motifs is 1. The number of nitrogens with zero attached hydrogens (tertiary/aromatic N) is 1. The third kappa shape index (κ3) is 3.89. The van der Waals surface area contributed by atoms with E-state index in [4.69, 9.17) is 13.6 Å². The third-order valence-corrected chi connectivity index (χ3v) is 6.04. The zero-order valence-corrected chi connectivity index (χ0v) is 18.0. The van der Waals surface area contributed by atoms with Crippen molar-refractivity contribution in [2.24, 2.45) is 0 Å². The van der Waals surface area contributed by atoms with Gasteiger partial charge in [-0.1, -0.05) is 30.7 Å². The fourth-order valence-electron chi connectivity index (χ4n) is 4.46. The van der Waals surface area contributed by atoms with Crippen molar-refractivity contribution in [3.63, 3.8) is 0 Å². The van der Waals surface area contributed by atoms with Crippen molar-refractivity contribution in [3.8, 4) is 5.75 Å². The number of benzene rings is 2. The van der Waals surface area contributed by atoms with Gasteiger partial charge in [0, 0.05) is 5.39 Å². The molecule has 0 radical (unpaired) electrons. The summed E-state index contributed by atoms with van der Waals surface area (Å²) >= 11 is 0. The first kappa shape index (κ1) is 20.4. The van der Waals surface area contributed by atoms with Gasteiger partial charge in [-0.2, -0.15) is 0 Å². The Morgan fingerprint density at radius 3 is 2.50 bits per heavy atom. The molecule has 1 N–H and O–H groups in total. The molecule has 1 atom stereocenters. The largest absolute Gasteiger partial charge is 0.497 e. The van der Waals surface area contributed by atoms with Gasteiger partial charge in [0.15, 0.2) is 5.76 Å². The quantitative estimate of drug-likeness (QED) is 0.415. The first-order valence-corrected chi connectivity index (χ1v) is 11.0. The van der Waals surface area contributed by atoms with Crippen LogP contribution in [0.4, 0.5) is 5.69 Å². The van der Waals surface area contributed by atoms with Crippen LogP contribution in [0.3, 0.4) is 0 Å². The third-order valence-electron chi connectivity index (χ3n) is 6.04. The van der Waals surface area contributed by atoms with E-state index in [0.717, 1.165) is 54.0 Å². The Kier molecular flexibility index (Phi) is 5.69. The smallest absolute Gasteiger partial charge is 0.291 e. The molecule has 1 fully saturated rings. The average Bonchev–Trinajstić information content (AvgIpc) is 3.50. The number of furan rings is 2. The molecule has 0 bridgehead atoms. The molecule has 0 aliphatic carbocycles. The molecule has 1 aliphatic heterocycles. The Balaban J connectivity index is 1.63. The van der Waals surface area contributed by atoms with E-state index in [2.05, 4.69) is 22.3 Å². The molecule has 2 aromatic heterocycles. The highest BCUT2D eigenvalue weighted by molar-refractivity contribution is 6.08. The number of nitrogens with one attached hydrogen (secondary N) is 1. The molecule has 1 saturated heterocycles. The van der Waals surface area contributed by atoms with Gasteiger partial charge < -0.3 is 18.9 Å². The van der Waals surface area contributed by atoms with Gasteiger partial charge in [0.25, 0.3) is 5.91 Å². The summed E-state index contributed by atoms with van der Waals surface area (Å²) < 4.78 is 17.1. The van der Waals surface area contributed by atoms with Gasteiger partial charge in [0.2, 0.25) is 0 Å². The lowest BCUT2D eigenvalue weighted by Crippen LogP contribution is -2.34. The molecule has 1 aliphatic rings. The zero-order chi connectivity index (χ0) is 21.9. The van der Waals surface area contributed by atoms with E-state index in [1.54, 1.807) is 19.2 Å². The molecule has 6 heteroatoms. The predicted molar refractivity (Wildman–Crippen MR) is 123 cm³/mol. The molecule has 1 unspecified atom stereocenters. The number of methoxy groups -OCH3 is 1. The van der Waals surface area contributed by atoms with Gasteiger partial charge >= 0.3 is 0 Å². The molecule has 2 aromatic carbocycles. The van der Waals surface area contributed by atoms with Crippen molar-refractivity contribution >= 4 is 22.6 Å². The summed E-state index contributed by atoms with van der Waals surface area (Å²) in [7, 11) is 1.67. The average molecular weight is 431 g/mol. The zero-order valence-electron chi connectivity index (χ0n) is 18.0. The van der Waals surface area contributed by atoms with Crippen molar-refractivity contribution < 1.29 is 18.4 Å². The predicted octanol–water partition coefficient (Wildman–Crippen LogP) is 5.86. The monoisotopic (exact) mass is 430 g/mol. The highest BCUT2D eigenvalue weighted by atomic mass is 16.5. The normalized spacial score (nSPS) is 15.5. The Bertz CT molecular complexity index is 1190. The standard InChI is InChI=1S/C26H26N2O4/c1-30-19-13-11-18(12-14-19)24(28-15-5-2-6-16-28)25-23(20-8-3-4-9-21(20)32-25)27-26(29)22-10-7-17-31-22/h3-4,7-14,17,24H,2,5-6,15-16H2,1H3,(H,27,29). The number of hydrogen-bond acceptors (Lipinski definition) is 5. The maximum Gasteiger partial charge on any atom is 0.291 e. The van der Waals surface area contributed by atoms with Crippen LogP contribution in [0.2, 0.25) is 0 Å². The van der Waals surface area contributed by atoms with Gasteiger partial charge in [-0.3, -0.25) is 9.69 Å². The van der Waals surface area contributed by atoms with Crippen LogP contribution in [0.15, 0.2) is 75.8 Å². The fraction of sp³-hybridized carbons (Fsp3) is 0.269. The molecule has 164 valence electrons. The van der Waals surface area contributed by atoms with E-state index in [1.807, 2.05) is 36.4 Å². The number of carbonyl (C=O) groups excluding carboxylic acids is 1. The van der Waals surface area contributed by atoms with Gasteiger partial charge in [-0.05, 0) is 67.9 Å². The molecule has 3 heterocycles. The van der Waals surface area contributed by atoms with Crippen LogP contribution in [-0.2, 0) is 0 Å². The lowest BCUT2D eigenvalue weighted by Gasteiger charge is -2.34. The van der Waals surface area contributed by atoms with E-state index < -0.39 is 0 Å². The van der Waals surface area contributed by atoms with Crippen LogP contribution in [-0.4, -0.2) is 31.0 Å². The molecule has 0 saturated carbocycles. The highest BCUT2D eigenvalue weighted by Gasteiger charge is 2.31. The van der Waals surface area contributed by atoms with Crippen LogP contribution in [0.25, 0.3) is 11.0 Å². The van der Waals surface area contributed by atoms with Gasteiger partial charge in [0.1, 0.15) is 17.1 Å². The number of amides is 1. The summed E-state index contributed by atoms with van der Waals surface area (Å²) in [6, 6.07) is 19.1. The van der Waals surface area contributed by atoms with Crippen molar-refractivity contribution in [2.75, 3.05) is 25.5 Å². The fourth-order valence-corrected chi connectivity index (χ4v) is 4.46. The lowest BCUT2D eigenvalue weighted by molar-refractivity contribution is 0.0996. The number of ether oxygens (including phenoxy) is 1. The van der Waals surface area contributed by atoms with E-state index in [-0.39, 0.29) is 17.7 Å². The van der Waals surface area contributed by atoms with Crippen molar-refractivity contribution in [3.05, 3.63) is 84.0 Å². The Labute approximate surface area is 186 Å². The minimum atomic E-state index is -0.296. The lowest BCUT2D eigenvalue weighted by atomic mass is 9.98. The first-order valence-electron chi connectivity index (χ1n) is 11.0. The summed E-state index contributed by atoms with van der Waals surface area (Å²) in [6.45, 7) is 1.94. The second kappa shape index (κ2) is 8.93. The number of carbonyl (C=O) groups is 1. The Morgan fingerprint density at radius 2 is 1.78 bits per heavy atom. The number of hydrogen-bond donors (Lipinski definition) is 1. The first-order chi connectivity index (χ1) is 15.7. The molecule has 32 heavy (non-hydrogen) atoms. The van der Waals surface area contributed by atoms with Crippen LogP contribution in [0, 0.1) is 0 Å². The van der Waals surface area contributed by atoms with Crippen LogP contribution in [0.5, 0.6) is 5.75 Å². The Hall–Kier alpha value is -3.51. The molecule has 0 spiro atoms. The van der Waals surface area contributed by atoms with Crippen molar-refractivity contribution in [1.82, 2.24) is 4.90 Å². The van der Waals surface area contributed by atoms with E-state index in [0.29, 0.717) is 5.69 Å². The highest BCUT2D eigenvalue weighted by Crippen LogP contribution is 2.41.